The maximum Gasteiger partial charge on any atom is 0.278 e. The Bertz CT molecular complexity index is 888. The Labute approximate surface area is 177 Å². The maximum absolute atomic E-state index is 14.6. The van der Waals surface area contributed by atoms with Crippen molar-refractivity contribution in [2.24, 2.45) is 5.92 Å². The Morgan fingerprint density at radius 3 is 2.83 bits per heavy atom. The van der Waals surface area contributed by atoms with E-state index in [0.29, 0.717) is 30.9 Å². The molecular weight excluding hydrogens is 411 g/mol. The molecule has 1 aromatic heterocycles. The molecule has 10 heteroatoms. The zero-order valence-corrected chi connectivity index (χ0v) is 17.5. The van der Waals surface area contributed by atoms with Crippen molar-refractivity contribution < 1.29 is 24.0 Å². The van der Waals surface area contributed by atoms with Crippen LogP contribution in [0, 0.1) is 5.92 Å². The van der Waals surface area contributed by atoms with Crippen LogP contribution in [0.2, 0.25) is 0 Å². The number of carbonyl (C=O) groups excluding carboxylic acids is 3. The number of nitrogens with one attached hydrogen (secondary N) is 2. The number of para-hydroxylation sites is 1. The van der Waals surface area contributed by atoms with Crippen molar-refractivity contribution in [2.75, 3.05) is 11.9 Å². The monoisotopic (exact) mass is 436 g/mol. The van der Waals surface area contributed by atoms with Gasteiger partial charge in [-0.1, -0.05) is 43.2 Å². The molecule has 30 heavy (non-hydrogen) atoms. The highest BCUT2D eigenvalue weighted by Gasteiger charge is 2.41. The largest absolute Gasteiger partial charge is 0.330 e. The van der Waals surface area contributed by atoms with Gasteiger partial charge in [-0.25, -0.2) is 14.9 Å². The molecule has 2 aromatic rings. The van der Waals surface area contributed by atoms with Crippen LogP contribution in [0.15, 0.2) is 24.3 Å². The number of benzene rings is 1. The van der Waals surface area contributed by atoms with E-state index in [-0.39, 0.29) is 12.3 Å². The lowest BCUT2D eigenvalue weighted by Gasteiger charge is -2.29. The third-order valence-electron chi connectivity index (χ3n) is 5.26. The van der Waals surface area contributed by atoms with E-state index in [1.54, 1.807) is 0 Å². The average molecular weight is 437 g/mol. The van der Waals surface area contributed by atoms with Gasteiger partial charge in [0.25, 0.3) is 5.91 Å². The minimum atomic E-state index is -2.18. The second-order valence-electron chi connectivity index (χ2n) is 7.29. The summed E-state index contributed by atoms with van der Waals surface area (Å²) in [5.74, 6) is -3.45. The highest BCUT2D eigenvalue weighted by atomic mass is 32.1. The fourth-order valence-corrected chi connectivity index (χ4v) is 4.56. The smallest absolute Gasteiger partial charge is 0.278 e. The minimum absolute atomic E-state index is 0.159. The number of halogens is 1. The molecule has 3 atom stereocenters. The predicted molar refractivity (Wildman–Crippen MR) is 111 cm³/mol. The quantitative estimate of drug-likeness (QED) is 0.435. The molecule has 1 aromatic carbocycles. The molecule has 3 N–H and O–H groups in total. The standard InChI is InChI=1S/C20H25FN4O4S/c1-2-3-7-12(16(21)18(27)24-29)19(28)25-11-6-9-14(25)17(26)23-20-22-13-8-4-5-10-15(13)30-20/h4-5,8,10,12,14,16,29H,2-3,6-7,9,11H2,1H3,(H,24,27)(H,22,23,26)/t12-,14+,16?/m1/s1. The van der Waals surface area contributed by atoms with Crippen LogP contribution in [-0.2, 0) is 14.4 Å². The fraction of sp³-hybridized carbons (Fsp3) is 0.500. The van der Waals surface area contributed by atoms with Crippen LogP contribution < -0.4 is 10.8 Å². The number of carbonyl (C=O) groups is 3. The molecule has 0 radical (unpaired) electrons. The van der Waals surface area contributed by atoms with Gasteiger partial charge in [-0.2, -0.15) is 0 Å². The zero-order valence-electron chi connectivity index (χ0n) is 16.6. The first-order valence-electron chi connectivity index (χ1n) is 10.0. The third kappa shape index (κ3) is 4.76. The van der Waals surface area contributed by atoms with E-state index in [2.05, 4.69) is 10.3 Å². The van der Waals surface area contributed by atoms with Gasteiger partial charge in [0.1, 0.15) is 6.04 Å². The Kier molecular flexibility index (Phi) is 7.33. The van der Waals surface area contributed by atoms with E-state index in [0.717, 1.165) is 16.6 Å². The molecule has 1 fully saturated rings. The van der Waals surface area contributed by atoms with E-state index in [9.17, 15) is 18.8 Å². The van der Waals surface area contributed by atoms with Crippen LogP contribution in [0.4, 0.5) is 9.52 Å². The topological polar surface area (TPSA) is 112 Å². The molecule has 1 unspecified atom stereocenters. The second-order valence-corrected chi connectivity index (χ2v) is 8.32. The molecule has 3 amide bonds. The first-order chi connectivity index (χ1) is 14.5. The van der Waals surface area contributed by atoms with Gasteiger partial charge in [-0.15, -0.1) is 0 Å². The molecule has 1 aliphatic rings. The van der Waals surface area contributed by atoms with Crippen molar-refractivity contribution in [1.29, 1.82) is 0 Å². The Balaban J connectivity index is 1.74. The van der Waals surface area contributed by atoms with Gasteiger partial charge in [-0.3, -0.25) is 19.6 Å². The molecule has 162 valence electrons. The second kappa shape index (κ2) is 9.94. The number of amides is 3. The summed E-state index contributed by atoms with van der Waals surface area (Å²) in [7, 11) is 0. The number of rotatable bonds is 8. The number of hydroxylamine groups is 1. The summed E-state index contributed by atoms with van der Waals surface area (Å²) in [5.41, 5.74) is 2.05. The molecular formula is C20H25FN4O4S. The number of hydrogen-bond acceptors (Lipinski definition) is 6. The number of alkyl halides is 1. The van der Waals surface area contributed by atoms with E-state index in [4.69, 9.17) is 5.21 Å². The lowest BCUT2D eigenvalue weighted by Crippen LogP contribution is -2.49. The Morgan fingerprint density at radius 1 is 1.37 bits per heavy atom. The number of unbranched alkanes of at least 4 members (excludes halogenated alkanes) is 1. The molecule has 8 nitrogen and oxygen atoms in total. The zero-order chi connectivity index (χ0) is 21.7. The summed E-state index contributed by atoms with van der Waals surface area (Å²) in [5, 5.41) is 12.0. The Morgan fingerprint density at radius 2 is 2.13 bits per heavy atom. The van der Waals surface area contributed by atoms with Crippen molar-refractivity contribution in [3.63, 3.8) is 0 Å². The van der Waals surface area contributed by atoms with Crippen LogP contribution in [0.5, 0.6) is 0 Å². The molecule has 0 saturated carbocycles. The molecule has 0 bridgehead atoms. The van der Waals surface area contributed by atoms with Crippen molar-refractivity contribution >= 4 is 44.4 Å². The summed E-state index contributed by atoms with van der Waals surface area (Å²) in [4.78, 5) is 43.2. The summed E-state index contributed by atoms with van der Waals surface area (Å²) in [6.45, 7) is 2.21. The maximum atomic E-state index is 14.6. The molecule has 2 heterocycles. The van der Waals surface area contributed by atoms with Gasteiger partial charge in [0.15, 0.2) is 11.3 Å². The number of nitrogens with zero attached hydrogens (tertiary/aromatic N) is 2. The van der Waals surface area contributed by atoms with E-state index < -0.39 is 29.9 Å². The number of hydrogen-bond donors (Lipinski definition) is 3. The predicted octanol–water partition coefficient (Wildman–Crippen LogP) is 2.88. The van der Waals surface area contributed by atoms with Gasteiger partial charge < -0.3 is 10.2 Å². The summed E-state index contributed by atoms with van der Waals surface area (Å²) in [6, 6.07) is 6.74. The van der Waals surface area contributed by atoms with Crippen LogP contribution in [0.1, 0.15) is 39.0 Å². The first kappa shape index (κ1) is 22.1. The van der Waals surface area contributed by atoms with Crippen LogP contribution in [0.25, 0.3) is 10.2 Å². The average Bonchev–Trinajstić information content (AvgIpc) is 3.39. The Hall–Kier alpha value is -2.59. The normalized spacial score (nSPS) is 18.2. The van der Waals surface area contributed by atoms with Crippen LogP contribution in [-0.4, -0.2) is 51.6 Å². The van der Waals surface area contributed by atoms with Crippen LogP contribution in [0.3, 0.4) is 0 Å². The number of anilines is 1. The van der Waals surface area contributed by atoms with Gasteiger partial charge in [-0.05, 0) is 31.4 Å². The molecule has 1 aliphatic heterocycles. The molecule has 0 aliphatic carbocycles. The SMILES string of the molecule is CCCC[C@@H](C(=O)N1CCC[C@H]1C(=O)Nc1nc2ccccc2s1)C(F)C(=O)NO. The number of thiazole rings is 1. The van der Waals surface area contributed by atoms with Crippen molar-refractivity contribution in [3.05, 3.63) is 24.3 Å². The molecule has 1 saturated heterocycles. The summed E-state index contributed by atoms with van der Waals surface area (Å²) in [6.07, 6.45) is 0.305. The van der Waals surface area contributed by atoms with E-state index in [1.807, 2.05) is 31.2 Å². The lowest BCUT2D eigenvalue weighted by atomic mass is 9.94. The number of fused-ring (bicyclic) bond motifs is 1. The van der Waals surface area contributed by atoms with Gasteiger partial charge in [0.2, 0.25) is 11.8 Å². The third-order valence-corrected chi connectivity index (χ3v) is 6.21. The van der Waals surface area contributed by atoms with Gasteiger partial charge in [0.05, 0.1) is 16.1 Å². The molecule has 0 spiro atoms. The number of aromatic nitrogens is 1. The first-order valence-corrected chi connectivity index (χ1v) is 10.8. The summed E-state index contributed by atoms with van der Waals surface area (Å²) < 4.78 is 15.5. The highest BCUT2D eigenvalue weighted by Crippen LogP contribution is 2.29. The molecule has 3 rings (SSSR count). The van der Waals surface area contributed by atoms with Crippen molar-refractivity contribution in [2.45, 2.75) is 51.2 Å². The van der Waals surface area contributed by atoms with Gasteiger partial charge in [0, 0.05) is 6.54 Å². The van der Waals surface area contributed by atoms with Crippen molar-refractivity contribution in [3.8, 4) is 0 Å². The highest BCUT2D eigenvalue weighted by molar-refractivity contribution is 7.22. The fourth-order valence-electron chi connectivity index (χ4n) is 3.69. The van der Waals surface area contributed by atoms with Crippen LogP contribution >= 0.6 is 11.3 Å². The van der Waals surface area contributed by atoms with Crippen molar-refractivity contribution in [1.82, 2.24) is 15.4 Å². The van der Waals surface area contributed by atoms with E-state index in [1.165, 1.54) is 21.7 Å². The lowest BCUT2D eigenvalue weighted by molar-refractivity contribution is -0.148. The summed E-state index contributed by atoms with van der Waals surface area (Å²) >= 11 is 1.34. The van der Waals surface area contributed by atoms with E-state index >= 15 is 0 Å². The van der Waals surface area contributed by atoms with Gasteiger partial charge >= 0.3 is 0 Å². The number of likely N-dealkylation sites (tertiary alicyclic amines) is 1. The minimum Gasteiger partial charge on any atom is -0.330 e.